The molecule has 1 aliphatic carbocycles. The minimum Gasteiger partial charge on any atom is -0.318 e. The zero-order valence-corrected chi connectivity index (χ0v) is 11.7. The summed E-state index contributed by atoms with van der Waals surface area (Å²) in [4.78, 5) is 16.4. The number of unbranched alkanes of at least 4 members (excludes halogenated alkanes) is 5. The normalized spacial score (nSPS) is 15.5. The van der Waals surface area contributed by atoms with Crippen LogP contribution >= 0.6 is 0 Å². The Balaban J connectivity index is 1.99. The van der Waals surface area contributed by atoms with E-state index in [-0.39, 0.29) is 5.97 Å². The van der Waals surface area contributed by atoms with Gasteiger partial charge in [-0.05, 0) is 32.1 Å². The Kier molecular flexibility index (Phi) is 8.53. The zero-order chi connectivity index (χ0) is 13.1. The lowest BCUT2D eigenvalue weighted by Gasteiger charge is -2.10. The minimum atomic E-state index is -0.163. The average Bonchev–Trinajstić information content (AvgIpc) is 2.41. The van der Waals surface area contributed by atoms with E-state index < -0.39 is 0 Å². The maximum absolute atomic E-state index is 11.4. The van der Waals surface area contributed by atoms with Crippen molar-refractivity contribution >= 4 is 11.7 Å². The van der Waals surface area contributed by atoms with Crippen molar-refractivity contribution in [3.05, 3.63) is 0 Å². The Hall–Kier alpha value is -0.860. The van der Waals surface area contributed by atoms with Crippen LogP contribution in [0.2, 0.25) is 0 Å². The Morgan fingerprint density at radius 2 is 1.72 bits per heavy atom. The molecule has 0 spiro atoms. The molecule has 1 aliphatic rings. The van der Waals surface area contributed by atoms with Gasteiger partial charge in [0.2, 0.25) is 0 Å². The van der Waals surface area contributed by atoms with Gasteiger partial charge < -0.3 is 4.84 Å². The second kappa shape index (κ2) is 10.1. The third kappa shape index (κ3) is 7.46. The van der Waals surface area contributed by atoms with Crippen molar-refractivity contribution in [2.45, 2.75) is 84.0 Å². The van der Waals surface area contributed by atoms with E-state index in [1.54, 1.807) is 0 Å². The summed E-state index contributed by atoms with van der Waals surface area (Å²) in [5.74, 6) is -0.163. The maximum Gasteiger partial charge on any atom is 0.335 e. The Bertz CT molecular complexity index is 253. The highest BCUT2D eigenvalue weighted by molar-refractivity contribution is 5.85. The lowest BCUT2D eigenvalue weighted by atomic mass is 9.99. The molecule has 0 unspecified atom stereocenters. The average molecular weight is 253 g/mol. The van der Waals surface area contributed by atoms with Crippen molar-refractivity contribution in [3.63, 3.8) is 0 Å². The summed E-state index contributed by atoms with van der Waals surface area (Å²) in [5, 5.41) is 3.98. The van der Waals surface area contributed by atoms with Crippen LogP contribution in [0.3, 0.4) is 0 Å². The van der Waals surface area contributed by atoms with Gasteiger partial charge >= 0.3 is 5.97 Å². The maximum atomic E-state index is 11.4. The Morgan fingerprint density at radius 1 is 1.06 bits per heavy atom. The molecule has 0 aromatic heterocycles. The highest BCUT2D eigenvalue weighted by Gasteiger charge is 2.08. The molecular formula is C15H27NO2. The summed E-state index contributed by atoms with van der Waals surface area (Å²) >= 11 is 0. The lowest BCUT2D eigenvalue weighted by molar-refractivity contribution is -0.143. The van der Waals surface area contributed by atoms with Gasteiger partial charge in [0.1, 0.15) is 0 Å². The highest BCUT2D eigenvalue weighted by Crippen LogP contribution is 2.15. The Morgan fingerprint density at radius 3 is 2.44 bits per heavy atom. The molecule has 0 aliphatic heterocycles. The summed E-state index contributed by atoms with van der Waals surface area (Å²) in [6, 6.07) is 0. The van der Waals surface area contributed by atoms with Crippen molar-refractivity contribution in [2.75, 3.05) is 0 Å². The summed E-state index contributed by atoms with van der Waals surface area (Å²) in [7, 11) is 0. The van der Waals surface area contributed by atoms with Gasteiger partial charge in [0, 0.05) is 6.42 Å². The molecule has 1 rings (SSSR count). The molecule has 0 radical (unpaired) electrons. The van der Waals surface area contributed by atoms with Gasteiger partial charge in [-0.2, -0.15) is 0 Å². The quantitative estimate of drug-likeness (QED) is 0.360. The van der Waals surface area contributed by atoms with Crippen LogP contribution in [0.4, 0.5) is 0 Å². The standard InChI is InChI=1S/C15H27NO2/c1-2-3-4-5-6-10-13-15(17)18-16-14-11-8-7-9-12-14/h2-13H2,1H3. The van der Waals surface area contributed by atoms with Crippen LogP contribution in [-0.2, 0) is 9.63 Å². The number of oxime groups is 1. The molecule has 0 bridgehead atoms. The van der Waals surface area contributed by atoms with E-state index in [9.17, 15) is 4.79 Å². The molecule has 0 amide bonds. The van der Waals surface area contributed by atoms with Gasteiger partial charge in [0.25, 0.3) is 0 Å². The number of carbonyl (C=O) groups is 1. The molecule has 0 saturated heterocycles. The molecule has 0 aromatic carbocycles. The van der Waals surface area contributed by atoms with E-state index in [0.29, 0.717) is 6.42 Å². The van der Waals surface area contributed by atoms with Gasteiger partial charge in [-0.1, -0.05) is 50.6 Å². The fourth-order valence-electron chi connectivity index (χ4n) is 2.26. The van der Waals surface area contributed by atoms with Crippen molar-refractivity contribution in [1.29, 1.82) is 0 Å². The van der Waals surface area contributed by atoms with Gasteiger partial charge in [-0.15, -0.1) is 0 Å². The van der Waals surface area contributed by atoms with Crippen LogP contribution in [0.5, 0.6) is 0 Å². The molecule has 3 heteroatoms. The fraction of sp³-hybridized carbons (Fsp3) is 0.867. The van der Waals surface area contributed by atoms with Crippen LogP contribution in [0, 0.1) is 0 Å². The van der Waals surface area contributed by atoms with E-state index >= 15 is 0 Å². The molecule has 104 valence electrons. The lowest BCUT2D eigenvalue weighted by Crippen LogP contribution is -2.08. The predicted octanol–water partition coefficient (Wildman–Crippen LogP) is 4.60. The number of rotatable bonds is 8. The predicted molar refractivity (Wildman–Crippen MR) is 74.6 cm³/mol. The molecular weight excluding hydrogens is 226 g/mol. The zero-order valence-electron chi connectivity index (χ0n) is 11.7. The van der Waals surface area contributed by atoms with Crippen LogP contribution in [0.1, 0.15) is 84.0 Å². The van der Waals surface area contributed by atoms with E-state index in [2.05, 4.69) is 12.1 Å². The van der Waals surface area contributed by atoms with Crippen LogP contribution < -0.4 is 0 Å². The number of hydrogen-bond acceptors (Lipinski definition) is 3. The number of hydrogen-bond donors (Lipinski definition) is 0. The smallest absolute Gasteiger partial charge is 0.318 e. The molecule has 0 heterocycles. The molecule has 1 saturated carbocycles. The van der Waals surface area contributed by atoms with E-state index in [4.69, 9.17) is 4.84 Å². The summed E-state index contributed by atoms with van der Waals surface area (Å²) in [6.07, 6.45) is 13.3. The summed E-state index contributed by atoms with van der Waals surface area (Å²) in [6.45, 7) is 2.21. The van der Waals surface area contributed by atoms with Gasteiger partial charge in [-0.25, -0.2) is 4.79 Å². The van der Waals surface area contributed by atoms with Crippen molar-refractivity contribution in [3.8, 4) is 0 Å². The van der Waals surface area contributed by atoms with Gasteiger partial charge in [-0.3, -0.25) is 0 Å². The monoisotopic (exact) mass is 253 g/mol. The van der Waals surface area contributed by atoms with E-state index in [1.807, 2.05) is 0 Å². The second-order valence-electron chi connectivity index (χ2n) is 5.20. The first-order chi connectivity index (χ1) is 8.83. The minimum absolute atomic E-state index is 0.163. The number of nitrogens with zero attached hydrogens (tertiary/aromatic N) is 1. The third-order valence-electron chi connectivity index (χ3n) is 3.44. The van der Waals surface area contributed by atoms with Crippen LogP contribution in [0.25, 0.3) is 0 Å². The molecule has 3 nitrogen and oxygen atoms in total. The van der Waals surface area contributed by atoms with E-state index in [0.717, 1.165) is 31.4 Å². The van der Waals surface area contributed by atoms with Crippen molar-refractivity contribution < 1.29 is 9.63 Å². The van der Waals surface area contributed by atoms with Crippen LogP contribution in [0.15, 0.2) is 5.16 Å². The van der Waals surface area contributed by atoms with Gasteiger partial charge in [0.15, 0.2) is 0 Å². The van der Waals surface area contributed by atoms with Crippen LogP contribution in [-0.4, -0.2) is 11.7 Å². The summed E-state index contributed by atoms with van der Waals surface area (Å²) < 4.78 is 0. The summed E-state index contributed by atoms with van der Waals surface area (Å²) in [5.41, 5.74) is 1.07. The van der Waals surface area contributed by atoms with E-state index in [1.165, 1.54) is 44.9 Å². The Labute approximate surface area is 111 Å². The highest BCUT2D eigenvalue weighted by atomic mass is 16.7. The van der Waals surface area contributed by atoms with Gasteiger partial charge in [0.05, 0.1) is 5.71 Å². The molecule has 1 fully saturated rings. The second-order valence-corrected chi connectivity index (χ2v) is 5.20. The first-order valence-corrected chi connectivity index (χ1v) is 7.58. The third-order valence-corrected chi connectivity index (χ3v) is 3.44. The van der Waals surface area contributed by atoms with Crippen molar-refractivity contribution in [2.24, 2.45) is 5.16 Å². The number of carbonyl (C=O) groups excluding carboxylic acids is 1. The molecule has 0 N–H and O–H groups in total. The topological polar surface area (TPSA) is 38.7 Å². The van der Waals surface area contributed by atoms with Crippen molar-refractivity contribution in [1.82, 2.24) is 0 Å². The largest absolute Gasteiger partial charge is 0.335 e. The SMILES string of the molecule is CCCCCCCCC(=O)ON=C1CCCCC1. The molecule has 0 atom stereocenters. The fourth-order valence-corrected chi connectivity index (χ4v) is 2.26. The molecule has 18 heavy (non-hydrogen) atoms. The first kappa shape index (κ1) is 15.2. The first-order valence-electron chi connectivity index (χ1n) is 7.58. The molecule has 0 aromatic rings.